The van der Waals surface area contributed by atoms with Gasteiger partial charge in [-0.2, -0.15) is 0 Å². The van der Waals surface area contributed by atoms with Gasteiger partial charge in [0.05, 0.1) is 0 Å². The van der Waals surface area contributed by atoms with Gasteiger partial charge in [0, 0.05) is 13.2 Å². The Labute approximate surface area is 69.1 Å². The maximum atomic E-state index is 10.8. The Morgan fingerprint density at radius 3 is 2.67 bits per heavy atom. The standard InChI is InChI=1S/C5H6N2O4S/c1-7-2-3(12(10)11)4(8)6-5(7)9/h2H,1H3,(H,10,11)(H,6,8,9). The first-order valence-electron chi connectivity index (χ1n) is 2.93. The van der Waals surface area contributed by atoms with E-state index < -0.39 is 22.3 Å². The van der Waals surface area contributed by atoms with E-state index in [0.717, 1.165) is 10.8 Å². The molecule has 0 spiro atoms. The molecule has 0 saturated carbocycles. The van der Waals surface area contributed by atoms with Crippen molar-refractivity contribution in [2.75, 3.05) is 0 Å². The van der Waals surface area contributed by atoms with Gasteiger partial charge in [-0.1, -0.05) is 0 Å². The minimum atomic E-state index is -2.36. The molecular weight excluding hydrogens is 184 g/mol. The number of nitrogens with one attached hydrogen (secondary N) is 1. The van der Waals surface area contributed by atoms with Gasteiger partial charge in [0.25, 0.3) is 5.56 Å². The molecule has 1 rings (SSSR count). The summed E-state index contributed by atoms with van der Waals surface area (Å²) in [5.41, 5.74) is -1.45. The third-order valence-electron chi connectivity index (χ3n) is 1.26. The van der Waals surface area contributed by atoms with Crippen LogP contribution in [-0.2, 0) is 18.1 Å². The van der Waals surface area contributed by atoms with Crippen molar-refractivity contribution >= 4 is 11.1 Å². The van der Waals surface area contributed by atoms with Gasteiger partial charge in [0.1, 0.15) is 4.90 Å². The van der Waals surface area contributed by atoms with Crippen LogP contribution in [0.1, 0.15) is 0 Å². The first-order valence-corrected chi connectivity index (χ1v) is 4.04. The van der Waals surface area contributed by atoms with E-state index in [0.29, 0.717) is 0 Å². The number of H-pyrrole nitrogens is 1. The lowest BCUT2D eigenvalue weighted by atomic mass is 10.6. The van der Waals surface area contributed by atoms with E-state index in [-0.39, 0.29) is 4.90 Å². The number of hydrogen-bond donors (Lipinski definition) is 2. The summed E-state index contributed by atoms with van der Waals surface area (Å²) in [5.74, 6) is 0. The van der Waals surface area contributed by atoms with Gasteiger partial charge < -0.3 is 9.12 Å². The molecule has 1 aromatic rings. The highest BCUT2D eigenvalue weighted by molar-refractivity contribution is 7.79. The third-order valence-corrected chi connectivity index (χ3v) is 1.93. The van der Waals surface area contributed by atoms with Crippen molar-refractivity contribution in [1.82, 2.24) is 9.55 Å². The van der Waals surface area contributed by atoms with Gasteiger partial charge >= 0.3 is 5.69 Å². The average molecular weight is 190 g/mol. The molecule has 1 atom stereocenters. The first-order chi connectivity index (χ1) is 5.52. The van der Waals surface area contributed by atoms with E-state index in [4.69, 9.17) is 4.55 Å². The van der Waals surface area contributed by atoms with Crippen LogP contribution in [0.25, 0.3) is 0 Å². The zero-order valence-electron chi connectivity index (χ0n) is 6.10. The molecule has 66 valence electrons. The van der Waals surface area contributed by atoms with Gasteiger partial charge in [-0.3, -0.25) is 9.78 Å². The molecule has 7 heteroatoms. The van der Waals surface area contributed by atoms with Crippen molar-refractivity contribution in [3.63, 3.8) is 0 Å². The Balaban J connectivity index is 3.54. The molecule has 0 aliphatic rings. The Morgan fingerprint density at radius 2 is 2.17 bits per heavy atom. The van der Waals surface area contributed by atoms with Crippen molar-refractivity contribution in [3.8, 4) is 0 Å². The van der Waals surface area contributed by atoms with E-state index in [1.54, 1.807) is 0 Å². The Kier molecular flexibility index (Phi) is 2.25. The lowest BCUT2D eigenvalue weighted by molar-refractivity contribution is 0.560. The van der Waals surface area contributed by atoms with E-state index >= 15 is 0 Å². The molecule has 0 bridgehead atoms. The Bertz CT molecular complexity index is 432. The molecule has 0 aliphatic heterocycles. The molecule has 1 heterocycles. The highest BCUT2D eigenvalue weighted by Crippen LogP contribution is 1.90. The average Bonchev–Trinajstić information content (AvgIpc) is 1.96. The van der Waals surface area contributed by atoms with Gasteiger partial charge in [0.2, 0.25) is 0 Å². The van der Waals surface area contributed by atoms with Crippen molar-refractivity contribution < 1.29 is 8.76 Å². The number of aromatic amines is 1. The van der Waals surface area contributed by atoms with Gasteiger partial charge in [0.15, 0.2) is 11.1 Å². The van der Waals surface area contributed by atoms with E-state index in [2.05, 4.69) is 0 Å². The second kappa shape index (κ2) is 3.03. The van der Waals surface area contributed by atoms with Crippen LogP contribution in [0.4, 0.5) is 0 Å². The summed E-state index contributed by atoms with van der Waals surface area (Å²) in [5, 5.41) is 0. The second-order valence-electron chi connectivity index (χ2n) is 2.11. The SMILES string of the molecule is Cn1cc(S(=O)O)c(=O)[nH]c1=O. The molecule has 0 amide bonds. The van der Waals surface area contributed by atoms with Gasteiger partial charge in [-0.15, -0.1) is 0 Å². The van der Waals surface area contributed by atoms with Crippen LogP contribution in [-0.4, -0.2) is 18.3 Å². The summed E-state index contributed by atoms with van der Waals surface area (Å²) in [6, 6.07) is 0. The lowest BCUT2D eigenvalue weighted by Gasteiger charge is -1.96. The lowest BCUT2D eigenvalue weighted by Crippen LogP contribution is -2.30. The summed E-state index contributed by atoms with van der Waals surface area (Å²) in [7, 11) is 1.37. The number of rotatable bonds is 1. The fourth-order valence-electron chi connectivity index (χ4n) is 0.664. The first kappa shape index (κ1) is 8.88. The number of hydrogen-bond acceptors (Lipinski definition) is 3. The molecule has 1 aromatic heterocycles. The molecule has 0 fully saturated rings. The molecule has 0 radical (unpaired) electrons. The molecule has 0 aromatic carbocycles. The Morgan fingerprint density at radius 1 is 1.58 bits per heavy atom. The van der Waals surface area contributed by atoms with E-state index in [1.165, 1.54) is 7.05 Å². The fourth-order valence-corrected chi connectivity index (χ4v) is 1.12. The zero-order chi connectivity index (χ0) is 9.30. The molecular formula is C5H6N2O4S. The minimum Gasteiger partial charge on any atom is -0.302 e. The molecule has 6 nitrogen and oxygen atoms in total. The second-order valence-corrected chi connectivity index (χ2v) is 3.05. The normalized spacial score (nSPS) is 12.8. The zero-order valence-corrected chi connectivity index (χ0v) is 6.92. The highest BCUT2D eigenvalue weighted by atomic mass is 32.2. The summed E-state index contributed by atoms with van der Waals surface area (Å²) in [4.78, 5) is 23.1. The van der Waals surface area contributed by atoms with Gasteiger partial charge in [-0.05, 0) is 0 Å². The van der Waals surface area contributed by atoms with E-state index in [9.17, 15) is 13.8 Å². The van der Waals surface area contributed by atoms with Crippen LogP contribution in [0.5, 0.6) is 0 Å². The third kappa shape index (κ3) is 1.51. The molecule has 2 N–H and O–H groups in total. The molecule has 0 aliphatic carbocycles. The van der Waals surface area contributed by atoms with Crippen LogP contribution in [0.3, 0.4) is 0 Å². The number of aryl methyl sites for hydroxylation is 1. The van der Waals surface area contributed by atoms with Crippen LogP contribution in [0, 0.1) is 0 Å². The van der Waals surface area contributed by atoms with Crippen LogP contribution >= 0.6 is 0 Å². The quantitative estimate of drug-likeness (QED) is 0.536. The topological polar surface area (TPSA) is 92.2 Å². The molecule has 1 unspecified atom stereocenters. The van der Waals surface area contributed by atoms with Crippen LogP contribution in [0.2, 0.25) is 0 Å². The maximum absolute atomic E-state index is 10.8. The summed E-state index contributed by atoms with van der Waals surface area (Å²) in [6.07, 6.45) is 1.03. The summed E-state index contributed by atoms with van der Waals surface area (Å²) < 4.78 is 20.0. The number of aromatic nitrogens is 2. The Hall–Kier alpha value is -1.21. The predicted molar refractivity (Wildman–Crippen MR) is 41.3 cm³/mol. The van der Waals surface area contributed by atoms with Crippen molar-refractivity contribution in [2.24, 2.45) is 7.05 Å². The summed E-state index contributed by atoms with van der Waals surface area (Å²) in [6.45, 7) is 0. The fraction of sp³-hybridized carbons (Fsp3) is 0.200. The van der Waals surface area contributed by atoms with Crippen LogP contribution < -0.4 is 11.2 Å². The maximum Gasteiger partial charge on any atom is 0.328 e. The van der Waals surface area contributed by atoms with Crippen molar-refractivity contribution in [3.05, 3.63) is 27.0 Å². The minimum absolute atomic E-state index is 0.336. The van der Waals surface area contributed by atoms with Gasteiger partial charge in [-0.25, -0.2) is 9.00 Å². The highest BCUT2D eigenvalue weighted by Gasteiger charge is 2.06. The molecule has 12 heavy (non-hydrogen) atoms. The van der Waals surface area contributed by atoms with Crippen molar-refractivity contribution in [2.45, 2.75) is 4.90 Å². The summed E-state index contributed by atoms with van der Waals surface area (Å²) >= 11 is -2.36. The smallest absolute Gasteiger partial charge is 0.302 e. The predicted octanol–water partition coefficient (Wildman–Crippen LogP) is -1.35. The molecule has 0 saturated heterocycles. The van der Waals surface area contributed by atoms with Crippen LogP contribution in [0.15, 0.2) is 20.7 Å². The van der Waals surface area contributed by atoms with Crippen molar-refractivity contribution in [1.29, 1.82) is 0 Å². The monoisotopic (exact) mass is 190 g/mol. The largest absolute Gasteiger partial charge is 0.328 e. The van der Waals surface area contributed by atoms with E-state index in [1.807, 2.05) is 4.98 Å². The number of nitrogens with zero attached hydrogens (tertiary/aromatic N) is 1.